The van der Waals surface area contributed by atoms with Gasteiger partial charge in [-0.15, -0.1) is 0 Å². The van der Waals surface area contributed by atoms with Crippen LogP contribution in [-0.4, -0.2) is 4.98 Å². The van der Waals surface area contributed by atoms with Gasteiger partial charge in [-0.3, -0.25) is 0 Å². The number of fused-ring (bicyclic) bond motifs is 1. The van der Waals surface area contributed by atoms with E-state index < -0.39 is 0 Å². The first-order chi connectivity index (χ1) is 7.00. The Morgan fingerprint density at radius 2 is 2.00 bits per heavy atom. The van der Waals surface area contributed by atoms with Crippen LogP contribution in [0.5, 0.6) is 0 Å². The second-order valence-electron chi connectivity index (χ2n) is 4.15. The minimum absolute atomic E-state index is 0.0199. The molecule has 0 amide bonds. The van der Waals surface area contributed by atoms with E-state index in [1.807, 2.05) is 6.92 Å². The Hall–Kier alpha value is -0.800. The summed E-state index contributed by atoms with van der Waals surface area (Å²) in [4.78, 5) is 3.39. The molecule has 3 heteroatoms. The zero-order valence-electron chi connectivity index (χ0n) is 9.19. The van der Waals surface area contributed by atoms with Crippen molar-refractivity contribution in [2.24, 2.45) is 5.73 Å². The number of hydrogen-bond acceptors (Lipinski definition) is 1. The summed E-state index contributed by atoms with van der Waals surface area (Å²) in [5.74, 6) is 0. The van der Waals surface area contributed by atoms with Crippen LogP contribution in [0.1, 0.15) is 29.8 Å². The third-order valence-electron chi connectivity index (χ3n) is 2.67. The minimum atomic E-state index is 0.0199. The van der Waals surface area contributed by atoms with Crippen LogP contribution in [0.4, 0.5) is 0 Å². The van der Waals surface area contributed by atoms with Gasteiger partial charge in [0.15, 0.2) is 0 Å². The lowest BCUT2D eigenvalue weighted by Gasteiger charge is -2.01. The molecule has 80 valence electrons. The standard InChI is InChI=1S/C12H15BrN2/c1-6-4-7(2)11-9(5-6)10(13)12(15-11)8(3)14/h4-5,8,15H,14H2,1-3H3. The molecule has 0 saturated heterocycles. The number of H-pyrrole nitrogens is 1. The van der Waals surface area contributed by atoms with Crippen LogP contribution in [0.2, 0.25) is 0 Å². The molecule has 0 aliphatic heterocycles. The Balaban J connectivity index is 2.82. The Kier molecular flexibility index (Phi) is 2.61. The maximum absolute atomic E-state index is 5.91. The Morgan fingerprint density at radius 1 is 1.33 bits per heavy atom. The fourth-order valence-electron chi connectivity index (χ4n) is 1.95. The first-order valence-electron chi connectivity index (χ1n) is 5.04. The van der Waals surface area contributed by atoms with Crippen molar-refractivity contribution in [1.82, 2.24) is 4.98 Å². The fourth-order valence-corrected chi connectivity index (χ4v) is 2.73. The number of aromatic nitrogens is 1. The molecule has 1 unspecified atom stereocenters. The molecular weight excluding hydrogens is 252 g/mol. The molecule has 0 fully saturated rings. The Labute approximate surface area is 98.0 Å². The van der Waals surface area contributed by atoms with Gasteiger partial charge in [-0.2, -0.15) is 0 Å². The molecular formula is C12H15BrN2. The van der Waals surface area contributed by atoms with E-state index in [1.54, 1.807) is 0 Å². The van der Waals surface area contributed by atoms with Crippen LogP contribution >= 0.6 is 15.9 Å². The van der Waals surface area contributed by atoms with Gasteiger partial charge in [0.05, 0.1) is 0 Å². The van der Waals surface area contributed by atoms with E-state index in [2.05, 4.69) is 46.9 Å². The highest BCUT2D eigenvalue weighted by Gasteiger charge is 2.13. The highest BCUT2D eigenvalue weighted by Crippen LogP contribution is 2.33. The number of benzene rings is 1. The number of nitrogens with two attached hydrogens (primary N) is 1. The quantitative estimate of drug-likeness (QED) is 0.814. The average molecular weight is 267 g/mol. The molecule has 0 radical (unpaired) electrons. The van der Waals surface area contributed by atoms with Gasteiger partial charge in [0, 0.05) is 27.1 Å². The molecule has 2 nitrogen and oxygen atoms in total. The average Bonchev–Trinajstić information content (AvgIpc) is 2.44. The van der Waals surface area contributed by atoms with E-state index >= 15 is 0 Å². The molecule has 0 saturated carbocycles. The minimum Gasteiger partial charge on any atom is -0.356 e. The molecule has 0 bridgehead atoms. The number of hydrogen-bond donors (Lipinski definition) is 2. The monoisotopic (exact) mass is 266 g/mol. The maximum Gasteiger partial charge on any atom is 0.0498 e. The predicted octanol–water partition coefficient (Wildman–Crippen LogP) is 3.57. The Bertz CT molecular complexity index is 512. The van der Waals surface area contributed by atoms with E-state index in [0.29, 0.717) is 0 Å². The van der Waals surface area contributed by atoms with Gasteiger partial charge in [-0.1, -0.05) is 11.6 Å². The summed E-state index contributed by atoms with van der Waals surface area (Å²) >= 11 is 3.61. The lowest BCUT2D eigenvalue weighted by atomic mass is 10.1. The normalized spacial score (nSPS) is 13.4. The molecule has 0 aliphatic rings. The van der Waals surface area contributed by atoms with Crippen LogP contribution in [-0.2, 0) is 0 Å². The smallest absolute Gasteiger partial charge is 0.0498 e. The SMILES string of the molecule is Cc1cc(C)c2[nH]c(C(C)N)c(Br)c2c1. The zero-order valence-corrected chi connectivity index (χ0v) is 10.8. The first kappa shape index (κ1) is 10.7. The van der Waals surface area contributed by atoms with Crippen LogP contribution in [0.3, 0.4) is 0 Å². The molecule has 0 spiro atoms. The lowest BCUT2D eigenvalue weighted by Crippen LogP contribution is -2.05. The van der Waals surface area contributed by atoms with Crippen molar-refractivity contribution in [3.05, 3.63) is 33.4 Å². The van der Waals surface area contributed by atoms with Crippen molar-refractivity contribution < 1.29 is 0 Å². The maximum atomic E-state index is 5.91. The third kappa shape index (κ3) is 1.70. The number of halogens is 1. The van der Waals surface area contributed by atoms with Gasteiger partial charge >= 0.3 is 0 Å². The summed E-state index contributed by atoms with van der Waals surface area (Å²) in [6.07, 6.45) is 0. The van der Waals surface area contributed by atoms with Crippen molar-refractivity contribution in [3.8, 4) is 0 Å². The van der Waals surface area contributed by atoms with Crippen LogP contribution in [0.15, 0.2) is 16.6 Å². The fraction of sp³-hybridized carbons (Fsp3) is 0.333. The number of aromatic amines is 1. The van der Waals surface area contributed by atoms with Gasteiger partial charge < -0.3 is 10.7 Å². The van der Waals surface area contributed by atoms with Crippen LogP contribution < -0.4 is 5.73 Å². The molecule has 0 aliphatic carbocycles. The first-order valence-corrected chi connectivity index (χ1v) is 5.84. The Morgan fingerprint density at radius 3 is 2.60 bits per heavy atom. The van der Waals surface area contributed by atoms with Crippen molar-refractivity contribution in [2.75, 3.05) is 0 Å². The largest absolute Gasteiger partial charge is 0.356 e. The van der Waals surface area contributed by atoms with Crippen molar-refractivity contribution in [2.45, 2.75) is 26.8 Å². The van der Waals surface area contributed by atoms with E-state index in [-0.39, 0.29) is 6.04 Å². The topological polar surface area (TPSA) is 41.8 Å². The molecule has 2 aromatic rings. The highest BCUT2D eigenvalue weighted by molar-refractivity contribution is 9.10. The van der Waals surface area contributed by atoms with Crippen LogP contribution in [0.25, 0.3) is 10.9 Å². The van der Waals surface area contributed by atoms with Gasteiger partial charge in [0.25, 0.3) is 0 Å². The molecule has 1 aromatic carbocycles. The summed E-state index contributed by atoms with van der Waals surface area (Å²) in [5, 5.41) is 1.22. The summed E-state index contributed by atoms with van der Waals surface area (Å²) in [5.41, 5.74) is 10.7. The number of rotatable bonds is 1. The molecule has 1 atom stereocenters. The molecule has 15 heavy (non-hydrogen) atoms. The molecule has 1 aromatic heterocycles. The van der Waals surface area contributed by atoms with Gasteiger partial charge in [-0.25, -0.2) is 0 Å². The molecule has 2 rings (SSSR count). The van der Waals surface area contributed by atoms with Crippen molar-refractivity contribution in [3.63, 3.8) is 0 Å². The van der Waals surface area contributed by atoms with E-state index in [9.17, 15) is 0 Å². The number of aryl methyl sites for hydroxylation is 2. The van der Waals surface area contributed by atoms with E-state index in [4.69, 9.17) is 5.73 Å². The van der Waals surface area contributed by atoms with Crippen LogP contribution in [0, 0.1) is 13.8 Å². The highest BCUT2D eigenvalue weighted by atomic mass is 79.9. The number of nitrogens with one attached hydrogen (secondary N) is 1. The summed E-state index contributed by atoms with van der Waals surface area (Å²) in [6, 6.07) is 4.37. The van der Waals surface area contributed by atoms with E-state index in [1.165, 1.54) is 22.0 Å². The molecule has 3 N–H and O–H groups in total. The van der Waals surface area contributed by atoms with Gasteiger partial charge in [-0.05, 0) is 48.3 Å². The third-order valence-corrected chi connectivity index (χ3v) is 3.52. The zero-order chi connectivity index (χ0) is 11.2. The summed E-state index contributed by atoms with van der Waals surface area (Å²) < 4.78 is 1.10. The summed E-state index contributed by atoms with van der Waals surface area (Å²) in [6.45, 7) is 6.21. The lowest BCUT2D eigenvalue weighted by molar-refractivity contribution is 0.787. The summed E-state index contributed by atoms with van der Waals surface area (Å²) in [7, 11) is 0. The molecule has 1 heterocycles. The van der Waals surface area contributed by atoms with Crippen molar-refractivity contribution >= 4 is 26.8 Å². The van der Waals surface area contributed by atoms with Gasteiger partial charge in [0.1, 0.15) is 0 Å². The van der Waals surface area contributed by atoms with E-state index in [0.717, 1.165) is 10.2 Å². The predicted molar refractivity (Wildman–Crippen MR) is 68.1 cm³/mol. The second kappa shape index (κ2) is 3.65. The second-order valence-corrected chi connectivity index (χ2v) is 4.94. The van der Waals surface area contributed by atoms with Gasteiger partial charge in [0.2, 0.25) is 0 Å². The van der Waals surface area contributed by atoms with Crippen molar-refractivity contribution in [1.29, 1.82) is 0 Å².